The van der Waals surface area contributed by atoms with Crippen LogP contribution in [0.15, 0.2) is 6.33 Å². The molecule has 0 atom stereocenters. The number of nitrogens with zero attached hydrogens (tertiary/aromatic N) is 3. The van der Waals surface area contributed by atoms with E-state index in [1.807, 2.05) is 20.8 Å². The van der Waals surface area contributed by atoms with Crippen molar-refractivity contribution >= 4 is 5.91 Å². The normalized spacial score (nSPS) is 11.5. The minimum Gasteiger partial charge on any atom is -0.335 e. The second-order valence-electron chi connectivity index (χ2n) is 4.93. The first-order valence-electron chi connectivity index (χ1n) is 5.85. The number of nitrogens with one attached hydrogen (secondary N) is 1. The zero-order chi connectivity index (χ0) is 12.9. The quantitative estimate of drug-likeness (QED) is 0.762. The van der Waals surface area contributed by atoms with Gasteiger partial charge in [-0.25, -0.2) is 4.98 Å². The molecule has 1 rings (SSSR count). The standard InChI is InChI=1S/C11H21N5O/c1-4-5-16(7-11(2,3)6-12)10(17)9-13-8-14-15-9/h8H,4-7,12H2,1-3H3,(H,13,14,15). The van der Waals surface area contributed by atoms with Crippen molar-refractivity contribution in [3.05, 3.63) is 12.2 Å². The zero-order valence-corrected chi connectivity index (χ0v) is 10.7. The molecule has 3 N–H and O–H groups in total. The van der Waals surface area contributed by atoms with E-state index in [-0.39, 0.29) is 17.1 Å². The molecule has 0 aliphatic heterocycles. The maximum atomic E-state index is 12.1. The van der Waals surface area contributed by atoms with E-state index in [2.05, 4.69) is 15.2 Å². The molecule has 1 amide bonds. The summed E-state index contributed by atoms with van der Waals surface area (Å²) in [5, 5.41) is 6.29. The lowest BCUT2D eigenvalue weighted by molar-refractivity contribution is 0.0677. The highest BCUT2D eigenvalue weighted by molar-refractivity contribution is 5.90. The number of carbonyl (C=O) groups is 1. The molecule has 17 heavy (non-hydrogen) atoms. The van der Waals surface area contributed by atoms with Crippen molar-refractivity contribution in [1.29, 1.82) is 0 Å². The fourth-order valence-corrected chi connectivity index (χ4v) is 1.56. The van der Waals surface area contributed by atoms with Crippen LogP contribution in [0.1, 0.15) is 37.8 Å². The van der Waals surface area contributed by atoms with Gasteiger partial charge in [0.05, 0.1) is 0 Å². The van der Waals surface area contributed by atoms with Gasteiger partial charge in [-0.1, -0.05) is 20.8 Å². The van der Waals surface area contributed by atoms with E-state index in [9.17, 15) is 4.79 Å². The number of aromatic nitrogens is 3. The first-order valence-corrected chi connectivity index (χ1v) is 5.85. The Kier molecular flexibility index (Phi) is 4.62. The van der Waals surface area contributed by atoms with E-state index in [4.69, 9.17) is 5.73 Å². The summed E-state index contributed by atoms with van der Waals surface area (Å²) in [6.45, 7) is 7.99. The highest BCUT2D eigenvalue weighted by Crippen LogP contribution is 2.16. The Morgan fingerprint density at radius 1 is 1.59 bits per heavy atom. The Morgan fingerprint density at radius 3 is 2.76 bits per heavy atom. The molecule has 0 saturated carbocycles. The summed E-state index contributed by atoms with van der Waals surface area (Å²) in [4.78, 5) is 17.8. The topological polar surface area (TPSA) is 87.9 Å². The van der Waals surface area contributed by atoms with Crippen molar-refractivity contribution in [2.75, 3.05) is 19.6 Å². The largest absolute Gasteiger partial charge is 0.335 e. The van der Waals surface area contributed by atoms with Crippen LogP contribution in [-0.2, 0) is 0 Å². The average molecular weight is 239 g/mol. The number of hydrogen-bond donors (Lipinski definition) is 2. The minimum absolute atomic E-state index is 0.0924. The summed E-state index contributed by atoms with van der Waals surface area (Å²) in [6.07, 6.45) is 2.24. The zero-order valence-electron chi connectivity index (χ0n) is 10.7. The maximum Gasteiger partial charge on any atom is 0.291 e. The number of carbonyl (C=O) groups excluding carboxylic acids is 1. The number of H-pyrrole nitrogens is 1. The predicted octanol–water partition coefficient (Wildman–Crippen LogP) is 0.642. The molecule has 0 aliphatic carbocycles. The van der Waals surface area contributed by atoms with E-state index in [0.29, 0.717) is 19.6 Å². The third kappa shape index (κ3) is 3.81. The van der Waals surface area contributed by atoms with Gasteiger partial charge in [-0.3, -0.25) is 9.89 Å². The molecule has 0 unspecified atom stereocenters. The first kappa shape index (κ1) is 13.6. The smallest absolute Gasteiger partial charge is 0.291 e. The Labute approximate surface area is 102 Å². The third-order valence-corrected chi connectivity index (χ3v) is 2.57. The molecular formula is C11H21N5O. The highest BCUT2D eigenvalue weighted by atomic mass is 16.2. The van der Waals surface area contributed by atoms with Crippen LogP contribution in [0.25, 0.3) is 0 Å². The monoisotopic (exact) mass is 239 g/mol. The van der Waals surface area contributed by atoms with Crippen LogP contribution in [-0.4, -0.2) is 45.6 Å². The molecule has 0 fully saturated rings. The summed E-state index contributed by atoms with van der Waals surface area (Å²) in [7, 11) is 0. The lowest BCUT2D eigenvalue weighted by atomic mass is 9.93. The molecule has 0 spiro atoms. The lowest BCUT2D eigenvalue weighted by Gasteiger charge is -2.31. The van der Waals surface area contributed by atoms with Gasteiger partial charge in [0, 0.05) is 13.1 Å². The SMILES string of the molecule is CCCN(CC(C)(C)CN)C(=O)c1ncn[nH]1. The van der Waals surface area contributed by atoms with Crippen LogP contribution in [0, 0.1) is 5.41 Å². The number of hydrogen-bond acceptors (Lipinski definition) is 4. The van der Waals surface area contributed by atoms with Gasteiger partial charge in [-0.05, 0) is 18.4 Å². The minimum atomic E-state index is -0.120. The van der Waals surface area contributed by atoms with Gasteiger partial charge in [0.25, 0.3) is 5.91 Å². The van der Waals surface area contributed by atoms with E-state index < -0.39 is 0 Å². The second-order valence-corrected chi connectivity index (χ2v) is 4.93. The number of nitrogens with two attached hydrogens (primary N) is 1. The number of amides is 1. The molecule has 1 heterocycles. The van der Waals surface area contributed by atoms with Crippen molar-refractivity contribution < 1.29 is 4.79 Å². The van der Waals surface area contributed by atoms with Crippen molar-refractivity contribution in [3.63, 3.8) is 0 Å². The van der Waals surface area contributed by atoms with E-state index in [1.165, 1.54) is 6.33 Å². The van der Waals surface area contributed by atoms with Crippen LogP contribution < -0.4 is 5.73 Å². The summed E-state index contributed by atoms with van der Waals surface area (Å²) < 4.78 is 0. The molecule has 0 saturated heterocycles. The van der Waals surface area contributed by atoms with E-state index in [0.717, 1.165) is 6.42 Å². The molecule has 96 valence electrons. The van der Waals surface area contributed by atoms with Crippen molar-refractivity contribution in [1.82, 2.24) is 20.1 Å². The van der Waals surface area contributed by atoms with Crippen LogP contribution in [0.5, 0.6) is 0 Å². The van der Waals surface area contributed by atoms with Gasteiger partial charge in [-0.15, -0.1) is 0 Å². The first-order chi connectivity index (χ1) is 8.00. The van der Waals surface area contributed by atoms with Crippen LogP contribution >= 0.6 is 0 Å². The van der Waals surface area contributed by atoms with Gasteiger partial charge in [0.2, 0.25) is 5.82 Å². The summed E-state index contributed by atoms with van der Waals surface area (Å²) in [6, 6.07) is 0. The molecule has 6 heteroatoms. The predicted molar refractivity (Wildman–Crippen MR) is 65.4 cm³/mol. The fraction of sp³-hybridized carbons (Fsp3) is 0.727. The van der Waals surface area contributed by atoms with Gasteiger partial charge in [0.15, 0.2) is 0 Å². The lowest BCUT2D eigenvalue weighted by Crippen LogP contribution is -2.42. The number of aromatic amines is 1. The van der Waals surface area contributed by atoms with Crippen molar-refractivity contribution in [2.24, 2.45) is 11.1 Å². The Hall–Kier alpha value is -1.43. The Bertz CT molecular complexity index is 347. The molecular weight excluding hydrogens is 218 g/mol. The van der Waals surface area contributed by atoms with Crippen molar-refractivity contribution in [3.8, 4) is 0 Å². The van der Waals surface area contributed by atoms with Gasteiger partial charge < -0.3 is 10.6 Å². The molecule has 1 aromatic heterocycles. The molecule has 0 aliphatic rings. The van der Waals surface area contributed by atoms with Crippen LogP contribution in [0.3, 0.4) is 0 Å². The van der Waals surface area contributed by atoms with Crippen LogP contribution in [0.4, 0.5) is 0 Å². The second kappa shape index (κ2) is 5.77. The summed E-state index contributed by atoms with van der Waals surface area (Å²) >= 11 is 0. The summed E-state index contributed by atoms with van der Waals surface area (Å²) in [5.74, 6) is 0.164. The molecule has 6 nitrogen and oxygen atoms in total. The van der Waals surface area contributed by atoms with Crippen LogP contribution in [0.2, 0.25) is 0 Å². The van der Waals surface area contributed by atoms with Gasteiger partial charge in [-0.2, -0.15) is 5.10 Å². The van der Waals surface area contributed by atoms with Gasteiger partial charge in [0.1, 0.15) is 6.33 Å². The van der Waals surface area contributed by atoms with E-state index >= 15 is 0 Å². The molecule has 0 radical (unpaired) electrons. The fourth-order valence-electron chi connectivity index (χ4n) is 1.56. The molecule has 0 bridgehead atoms. The molecule has 1 aromatic rings. The maximum absolute atomic E-state index is 12.1. The number of rotatable bonds is 6. The highest BCUT2D eigenvalue weighted by Gasteiger charge is 2.25. The van der Waals surface area contributed by atoms with Crippen molar-refractivity contribution in [2.45, 2.75) is 27.2 Å². The third-order valence-electron chi connectivity index (χ3n) is 2.57. The molecule has 0 aromatic carbocycles. The average Bonchev–Trinajstić information content (AvgIpc) is 2.81. The Balaban J connectivity index is 2.75. The Morgan fingerprint density at radius 2 is 2.29 bits per heavy atom. The summed E-state index contributed by atoms with van der Waals surface area (Å²) in [5.41, 5.74) is 5.60. The van der Waals surface area contributed by atoms with Gasteiger partial charge >= 0.3 is 0 Å². The van der Waals surface area contributed by atoms with E-state index in [1.54, 1.807) is 4.90 Å².